The Bertz CT molecular complexity index is 1540. The van der Waals surface area contributed by atoms with Crippen molar-refractivity contribution in [2.24, 2.45) is 4.99 Å². The molecule has 0 aliphatic carbocycles. The average Bonchev–Trinajstić information content (AvgIpc) is 3.33. The highest BCUT2D eigenvalue weighted by atomic mass is 32.2. The van der Waals surface area contributed by atoms with Gasteiger partial charge in [0.25, 0.3) is 0 Å². The molecule has 45 heavy (non-hydrogen) atoms. The molecule has 3 amide bonds. The van der Waals surface area contributed by atoms with Crippen molar-refractivity contribution in [3.63, 3.8) is 0 Å². The molecule has 1 atom stereocenters. The number of hydrogen-bond acceptors (Lipinski definition) is 6. The molecule has 0 bridgehead atoms. The maximum absolute atomic E-state index is 12.9. The van der Waals surface area contributed by atoms with Crippen LogP contribution in [0.25, 0.3) is 0 Å². The molecule has 1 N–H and O–H groups in total. The Morgan fingerprint density at radius 2 is 1.58 bits per heavy atom. The zero-order valence-electron chi connectivity index (χ0n) is 25.1. The van der Waals surface area contributed by atoms with Gasteiger partial charge in [-0.1, -0.05) is 67.6 Å². The van der Waals surface area contributed by atoms with Crippen LogP contribution >= 0.6 is 11.8 Å². The number of aliphatic imine (C=N–C) groups is 1. The summed E-state index contributed by atoms with van der Waals surface area (Å²) >= 11 is 1.21. The Morgan fingerprint density at radius 1 is 0.978 bits per heavy atom. The summed E-state index contributed by atoms with van der Waals surface area (Å²) in [5, 5.41) is 3.18. The molecule has 12 heteroatoms. The Balaban J connectivity index is 1.31. The van der Waals surface area contributed by atoms with Gasteiger partial charge < -0.3 is 14.8 Å². The van der Waals surface area contributed by atoms with Crippen LogP contribution in [0.4, 0.5) is 23.7 Å². The third kappa shape index (κ3) is 9.84. The molecule has 1 saturated heterocycles. The fourth-order valence-electron chi connectivity index (χ4n) is 4.90. The second kappa shape index (κ2) is 15.1. The van der Waals surface area contributed by atoms with Crippen LogP contribution in [-0.4, -0.2) is 48.2 Å². The standard InChI is InChI=1S/C33H34F3N3O5S/c1-4-5-25-12-15-28(43-3)19-29(25)39-30(41)20-45-32(39)38-31(42)37-21(2)16-22-6-8-23(9-7-22)17-26(40)18-24-10-13-27(14-11-24)44-33(34,35)36/h6-15,19,21H,4-5,16-18,20H2,1-3H3,(H,37,42). The highest BCUT2D eigenvalue weighted by Gasteiger charge is 2.33. The van der Waals surface area contributed by atoms with E-state index in [1.807, 2.05) is 43.3 Å². The number of nitrogens with zero attached hydrogens (tertiary/aromatic N) is 2. The van der Waals surface area contributed by atoms with Crippen LogP contribution in [0.15, 0.2) is 71.7 Å². The topological polar surface area (TPSA) is 97.3 Å². The van der Waals surface area contributed by atoms with Crippen LogP contribution < -0.4 is 19.7 Å². The minimum Gasteiger partial charge on any atom is -0.497 e. The molecular weight excluding hydrogens is 607 g/mol. The van der Waals surface area contributed by atoms with Crippen LogP contribution in [-0.2, 0) is 35.3 Å². The monoisotopic (exact) mass is 641 g/mol. The Morgan fingerprint density at radius 3 is 2.18 bits per heavy atom. The lowest BCUT2D eigenvalue weighted by Crippen LogP contribution is -2.35. The summed E-state index contributed by atoms with van der Waals surface area (Å²) in [6.45, 7) is 3.91. The first-order valence-corrected chi connectivity index (χ1v) is 15.4. The summed E-state index contributed by atoms with van der Waals surface area (Å²) < 4.78 is 46.2. The zero-order chi connectivity index (χ0) is 32.6. The first kappa shape index (κ1) is 33.6. The van der Waals surface area contributed by atoms with Crippen molar-refractivity contribution < 1.29 is 37.0 Å². The lowest BCUT2D eigenvalue weighted by molar-refractivity contribution is -0.274. The molecule has 3 aromatic rings. The summed E-state index contributed by atoms with van der Waals surface area (Å²) in [4.78, 5) is 43.9. The van der Waals surface area contributed by atoms with Crippen molar-refractivity contribution in [1.82, 2.24) is 5.32 Å². The number of amides is 3. The van der Waals surface area contributed by atoms with Crippen molar-refractivity contribution in [2.75, 3.05) is 17.8 Å². The number of ketones is 1. The predicted molar refractivity (Wildman–Crippen MR) is 168 cm³/mol. The lowest BCUT2D eigenvalue weighted by atomic mass is 10.00. The summed E-state index contributed by atoms with van der Waals surface area (Å²) in [6, 6.07) is 17.4. The second-order valence-electron chi connectivity index (χ2n) is 10.6. The summed E-state index contributed by atoms with van der Waals surface area (Å²) in [5.74, 6) is 0.214. The average molecular weight is 642 g/mol. The van der Waals surface area contributed by atoms with Crippen LogP contribution in [0.1, 0.15) is 42.5 Å². The van der Waals surface area contributed by atoms with Gasteiger partial charge in [0.2, 0.25) is 5.91 Å². The van der Waals surface area contributed by atoms with Gasteiger partial charge in [-0.15, -0.1) is 13.2 Å². The number of carbonyl (C=O) groups excluding carboxylic acids is 3. The van der Waals surface area contributed by atoms with Crippen molar-refractivity contribution in [3.05, 3.63) is 89.0 Å². The van der Waals surface area contributed by atoms with E-state index in [9.17, 15) is 27.6 Å². The van der Waals surface area contributed by atoms with Crippen LogP contribution in [0, 0.1) is 0 Å². The third-order valence-electron chi connectivity index (χ3n) is 6.91. The maximum Gasteiger partial charge on any atom is 0.573 e. The highest BCUT2D eigenvalue weighted by molar-refractivity contribution is 8.15. The van der Waals surface area contributed by atoms with Crippen molar-refractivity contribution in [2.45, 2.75) is 58.4 Å². The Hall–Kier alpha value is -4.32. The quantitative estimate of drug-likeness (QED) is 0.237. The number of hydrogen-bond donors (Lipinski definition) is 1. The Labute approximate surface area is 264 Å². The number of benzene rings is 3. The number of carbonyl (C=O) groups is 3. The van der Waals surface area contributed by atoms with Gasteiger partial charge in [0.1, 0.15) is 17.3 Å². The number of anilines is 1. The molecule has 1 aliphatic heterocycles. The molecule has 1 unspecified atom stereocenters. The van der Waals surface area contributed by atoms with Gasteiger partial charge >= 0.3 is 12.4 Å². The molecule has 0 saturated carbocycles. The molecule has 4 rings (SSSR count). The number of Topliss-reactive ketones (excluding diaryl/α,β-unsaturated/α-hetero) is 1. The van der Waals surface area contributed by atoms with Gasteiger partial charge in [-0.25, -0.2) is 4.79 Å². The van der Waals surface area contributed by atoms with E-state index >= 15 is 0 Å². The fourth-order valence-corrected chi connectivity index (χ4v) is 5.75. The molecule has 3 aromatic carbocycles. The van der Waals surface area contributed by atoms with Crippen LogP contribution in [0.5, 0.6) is 11.5 Å². The molecular formula is C33H34F3N3O5S. The number of alkyl halides is 3. The van der Waals surface area contributed by atoms with Crippen LogP contribution in [0.2, 0.25) is 0 Å². The number of aryl methyl sites for hydroxylation is 1. The van der Waals surface area contributed by atoms with E-state index in [-0.39, 0.29) is 42.1 Å². The van der Waals surface area contributed by atoms with Gasteiger partial charge in [0.05, 0.1) is 18.6 Å². The molecule has 0 aromatic heterocycles. The van der Waals surface area contributed by atoms with E-state index in [2.05, 4.69) is 22.0 Å². The molecule has 1 heterocycles. The largest absolute Gasteiger partial charge is 0.573 e. The van der Waals surface area contributed by atoms with Gasteiger partial charge in [0.15, 0.2) is 5.17 Å². The van der Waals surface area contributed by atoms with E-state index in [0.29, 0.717) is 28.6 Å². The minimum atomic E-state index is -4.77. The number of halogens is 3. The van der Waals surface area contributed by atoms with Crippen molar-refractivity contribution in [1.29, 1.82) is 0 Å². The smallest absolute Gasteiger partial charge is 0.497 e. The fraction of sp³-hybridized carbons (Fsp3) is 0.333. The third-order valence-corrected chi connectivity index (χ3v) is 7.83. The van der Waals surface area contributed by atoms with Gasteiger partial charge in [-0.2, -0.15) is 4.99 Å². The summed E-state index contributed by atoms with van der Waals surface area (Å²) in [6.07, 6.45) is -2.35. The number of urea groups is 1. The van der Waals surface area contributed by atoms with E-state index in [0.717, 1.165) is 29.5 Å². The zero-order valence-corrected chi connectivity index (χ0v) is 26.0. The minimum absolute atomic E-state index is 0.0820. The molecule has 238 valence electrons. The van der Waals surface area contributed by atoms with E-state index in [1.165, 1.54) is 40.9 Å². The van der Waals surface area contributed by atoms with Gasteiger partial charge in [-0.05, 0) is 60.2 Å². The number of methoxy groups -OCH3 is 1. The number of thioether (sulfide) groups is 1. The first-order valence-electron chi connectivity index (χ1n) is 14.4. The molecule has 0 radical (unpaired) electrons. The van der Waals surface area contributed by atoms with E-state index in [4.69, 9.17) is 4.74 Å². The van der Waals surface area contributed by atoms with Crippen molar-refractivity contribution in [3.8, 4) is 11.5 Å². The number of amidine groups is 1. The van der Waals surface area contributed by atoms with E-state index < -0.39 is 12.4 Å². The molecule has 0 spiro atoms. The predicted octanol–water partition coefficient (Wildman–Crippen LogP) is 6.68. The summed E-state index contributed by atoms with van der Waals surface area (Å²) in [7, 11) is 1.56. The maximum atomic E-state index is 12.9. The Kier molecular flexibility index (Phi) is 11.3. The molecule has 8 nitrogen and oxygen atoms in total. The van der Waals surface area contributed by atoms with Crippen LogP contribution in [0.3, 0.4) is 0 Å². The second-order valence-corrected chi connectivity index (χ2v) is 11.6. The number of rotatable bonds is 12. The highest BCUT2D eigenvalue weighted by Crippen LogP contribution is 2.33. The SMILES string of the molecule is CCCc1ccc(OC)cc1N1C(=O)CSC1=NC(=O)NC(C)Cc1ccc(CC(=O)Cc2ccc(OC(F)(F)F)cc2)cc1. The normalized spacial score (nSPS) is 14.8. The van der Waals surface area contributed by atoms with E-state index in [1.54, 1.807) is 13.2 Å². The molecule has 1 aliphatic rings. The number of ether oxygens (including phenoxy) is 2. The first-order chi connectivity index (χ1) is 21.4. The molecule has 1 fully saturated rings. The lowest BCUT2D eigenvalue weighted by Gasteiger charge is -2.21. The number of nitrogens with one attached hydrogen (secondary N) is 1. The summed E-state index contributed by atoms with van der Waals surface area (Å²) in [5.41, 5.74) is 3.96. The van der Waals surface area contributed by atoms with Gasteiger partial charge in [-0.3, -0.25) is 14.5 Å². The van der Waals surface area contributed by atoms with Gasteiger partial charge in [0, 0.05) is 24.9 Å². The van der Waals surface area contributed by atoms with Crippen molar-refractivity contribution >= 4 is 40.3 Å².